The number of carboxylic acids is 2. The molecule has 250 valence electrons. The van der Waals surface area contributed by atoms with Crippen LogP contribution >= 0.6 is 22.7 Å². The Kier molecular flexibility index (Phi) is 10.5. The molecule has 2 aromatic heterocycles. The number of benzene rings is 3. The van der Waals surface area contributed by atoms with Crippen molar-refractivity contribution < 1.29 is 57.1 Å². The van der Waals surface area contributed by atoms with E-state index in [-0.39, 0.29) is 82.4 Å². The quantitative estimate of drug-likeness (QED) is 0.0985. The lowest BCUT2D eigenvalue weighted by atomic mass is 10.1. The van der Waals surface area contributed by atoms with Gasteiger partial charge in [-0.1, -0.05) is 24.3 Å². The number of hydrogen-bond donors (Lipinski definition) is 2. The maximum absolute atomic E-state index is 15.7. The molecule has 0 aliphatic rings. The summed E-state index contributed by atoms with van der Waals surface area (Å²) in [6.07, 6.45) is -1.10. The van der Waals surface area contributed by atoms with Gasteiger partial charge in [-0.2, -0.15) is 0 Å². The molecule has 5 rings (SSSR count). The van der Waals surface area contributed by atoms with E-state index in [1.54, 1.807) is 36.4 Å². The summed E-state index contributed by atoms with van der Waals surface area (Å²) in [5.74, 6) is -4.72. The number of carbonyl (C=O) groups is 4. The summed E-state index contributed by atoms with van der Waals surface area (Å²) in [4.78, 5) is 47.1. The van der Waals surface area contributed by atoms with Gasteiger partial charge in [-0.25, -0.2) is 8.78 Å². The highest BCUT2D eigenvalue weighted by molar-refractivity contribution is 7.21. The van der Waals surface area contributed by atoms with Crippen LogP contribution in [0.2, 0.25) is 0 Å². The van der Waals surface area contributed by atoms with Gasteiger partial charge in [-0.05, 0) is 23.3 Å². The van der Waals surface area contributed by atoms with Gasteiger partial charge in [0, 0.05) is 45.1 Å². The van der Waals surface area contributed by atoms with Crippen LogP contribution in [0, 0.1) is 11.6 Å². The Morgan fingerprint density at radius 1 is 0.646 bits per heavy atom. The lowest BCUT2D eigenvalue weighted by Crippen LogP contribution is -2.06. The van der Waals surface area contributed by atoms with Crippen LogP contribution in [0.1, 0.15) is 56.2 Å². The minimum absolute atomic E-state index is 0.0943. The van der Waals surface area contributed by atoms with Gasteiger partial charge in [-0.3, -0.25) is 19.2 Å². The van der Waals surface area contributed by atoms with E-state index >= 15 is 8.78 Å². The van der Waals surface area contributed by atoms with E-state index in [1.807, 2.05) is 0 Å². The number of hydrogen-bond acceptors (Lipinski definition) is 10. The van der Waals surface area contributed by atoms with Crippen molar-refractivity contribution in [2.75, 3.05) is 14.2 Å². The predicted molar refractivity (Wildman–Crippen MR) is 174 cm³/mol. The van der Waals surface area contributed by atoms with Gasteiger partial charge in [-0.15, -0.1) is 22.7 Å². The summed E-state index contributed by atoms with van der Waals surface area (Å²) in [6, 6.07) is 12.8. The van der Waals surface area contributed by atoms with Crippen LogP contribution in [-0.2, 0) is 22.8 Å². The van der Waals surface area contributed by atoms with Crippen LogP contribution in [0.5, 0.6) is 23.0 Å². The summed E-state index contributed by atoms with van der Waals surface area (Å²) in [7, 11) is 2.70. The molecule has 14 heteroatoms. The average molecular weight is 699 g/mol. The van der Waals surface area contributed by atoms with E-state index in [4.69, 9.17) is 29.2 Å². The van der Waals surface area contributed by atoms with E-state index < -0.39 is 35.1 Å². The standard InChI is InChI=1S/C34H28F2O10S2/c1-43-23-13-25-19(11-27(47-25)21(37)7-9-29(39)40)31(35)33(23)45-15-17-5-3-4-6-18(17)16-46-34-24(44-2)14-26-20(32(34)36)12-28(48-26)22(38)8-10-30(41)42/h3-6,11-14H,7-10,15-16H2,1-2H3,(H,39,40)(H,41,42). The predicted octanol–water partition coefficient (Wildman–Crippen LogP) is 7.66. The number of ketones is 2. The van der Waals surface area contributed by atoms with E-state index in [0.29, 0.717) is 20.5 Å². The largest absolute Gasteiger partial charge is 0.493 e. The minimum atomic E-state index is -1.11. The van der Waals surface area contributed by atoms with E-state index in [0.717, 1.165) is 22.7 Å². The first-order chi connectivity index (χ1) is 23.0. The fourth-order valence-electron chi connectivity index (χ4n) is 4.87. The molecular weight excluding hydrogens is 670 g/mol. The van der Waals surface area contributed by atoms with Crippen molar-refractivity contribution in [1.82, 2.24) is 0 Å². The van der Waals surface area contributed by atoms with Crippen LogP contribution in [0.4, 0.5) is 8.78 Å². The lowest BCUT2D eigenvalue weighted by molar-refractivity contribution is -0.137. The normalized spacial score (nSPS) is 11.1. The zero-order chi connectivity index (χ0) is 34.5. The summed E-state index contributed by atoms with van der Waals surface area (Å²) in [5, 5.41) is 18.0. The number of carbonyl (C=O) groups excluding carboxylic acids is 2. The molecule has 0 fully saturated rings. The molecule has 0 saturated heterocycles. The molecule has 0 atom stereocenters. The van der Waals surface area contributed by atoms with Crippen LogP contribution in [0.3, 0.4) is 0 Å². The van der Waals surface area contributed by atoms with Gasteiger partial charge in [0.15, 0.2) is 46.2 Å². The van der Waals surface area contributed by atoms with Gasteiger partial charge in [0.05, 0.1) is 36.8 Å². The number of thiophene rings is 2. The first kappa shape index (κ1) is 34.3. The second-order valence-corrected chi connectivity index (χ2v) is 12.6. The Hall–Kier alpha value is -5.08. The SMILES string of the molecule is COc1cc2sc(C(=O)CCC(=O)O)cc2c(F)c1OCc1ccccc1COc1c(OC)cc2sc(C(=O)CCC(=O)O)cc2c1F. The molecule has 0 spiro atoms. The monoisotopic (exact) mass is 698 g/mol. The zero-order valence-electron chi connectivity index (χ0n) is 25.6. The summed E-state index contributed by atoms with van der Waals surface area (Å²) in [6.45, 7) is -0.254. The maximum atomic E-state index is 15.7. The first-order valence-corrected chi connectivity index (χ1v) is 16.1. The lowest BCUT2D eigenvalue weighted by Gasteiger charge is -2.16. The van der Waals surface area contributed by atoms with Crippen molar-refractivity contribution in [3.8, 4) is 23.0 Å². The number of rotatable bonds is 16. The highest BCUT2D eigenvalue weighted by atomic mass is 32.1. The fraction of sp³-hybridized carbons (Fsp3) is 0.235. The minimum Gasteiger partial charge on any atom is -0.493 e. The molecule has 2 N–H and O–H groups in total. The highest BCUT2D eigenvalue weighted by Gasteiger charge is 2.23. The van der Waals surface area contributed by atoms with Gasteiger partial charge >= 0.3 is 11.9 Å². The van der Waals surface area contributed by atoms with Crippen LogP contribution in [0.15, 0.2) is 48.5 Å². The Morgan fingerprint density at radius 3 is 1.40 bits per heavy atom. The second kappa shape index (κ2) is 14.8. The summed E-state index contributed by atoms with van der Waals surface area (Å²) in [5.41, 5.74) is 1.19. The Morgan fingerprint density at radius 2 is 1.04 bits per heavy atom. The van der Waals surface area contributed by atoms with Crippen molar-refractivity contribution in [3.05, 3.63) is 81.0 Å². The van der Waals surface area contributed by atoms with Crippen LogP contribution in [0.25, 0.3) is 20.2 Å². The Bertz CT molecular complexity index is 1900. The first-order valence-electron chi connectivity index (χ1n) is 14.4. The van der Waals surface area contributed by atoms with E-state index in [2.05, 4.69) is 0 Å². The third kappa shape index (κ3) is 7.39. The van der Waals surface area contributed by atoms with Crippen LogP contribution < -0.4 is 18.9 Å². The van der Waals surface area contributed by atoms with Crippen molar-refractivity contribution in [3.63, 3.8) is 0 Å². The number of aliphatic carboxylic acids is 2. The zero-order valence-corrected chi connectivity index (χ0v) is 27.2. The van der Waals surface area contributed by atoms with Gasteiger partial charge in [0.2, 0.25) is 0 Å². The van der Waals surface area contributed by atoms with Crippen molar-refractivity contribution in [2.45, 2.75) is 38.9 Å². The molecule has 0 amide bonds. The topological polar surface area (TPSA) is 146 Å². The molecular formula is C34H28F2O10S2. The highest BCUT2D eigenvalue weighted by Crippen LogP contribution is 2.42. The second-order valence-electron chi connectivity index (χ2n) is 10.5. The number of fused-ring (bicyclic) bond motifs is 2. The van der Waals surface area contributed by atoms with E-state index in [9.17, 15) is 19.2 Å². The van der Waals surface area contributed by atoms with Crippen molar-refractivity contribution in [1.29, 1.82) is 0 Å². The fourth-order valence-corrected chi connectivity index (χ4v) is 6.98. The number of methoxy groups -OCH3 is 2. The number of ether oxygens (including phenoxy) is 4. The van der Waals surface area contributed by atoms with Gasteiger partial charge in [0.1, 0.15) is 13.2 Å². The van der Waals surface area contributed by atoms with E-state index in [1.165, 1.54) is 26.4 Å². The Labute approximate surface area is 280 Å². The maximum Gasteiger partial charge on any atom is 0.303 e. The third-order valence-corrected chi connectivity index (χ3v) is 9.60. The molecule has 0 bridgehead atoms. The molecule has 10 nitrogen and oxygen atoms in total. The Balaban J connectivity index is 1.36. The van der Waals surface area contributed by atoms with Crippen molar-refractivity contribution in [2.24, 2.45) is 0 Å². The van der Waals surface area contributed by atoms with Crippen LogP contribution in [-0.4, -0.2) is 47.9 Å². The summed E-state index contributed by atoms with van der Waals surface area (Å²) < 4.78 is 54.9. The molecule has 0 radical (unpaired) electrons. The molecule has 0 aliphatic heterocycles. The smallest absolute Gasteiger partial charge is 0.303 e. The molecule has 0 aliphatic carbocycles. The average Bonchev–Trinajstić information content (AvgIpc) is 3.71. The molecule has 0 unspecified atom stereocenters. The molecule has 0 saturated carbocycles. The molecule has 48 heavy (non-hydrogen) atoms. The van der Waals surface area contributed by atoms with Gasteiger partial charge in [0.25, 0.3) is 0 Å². The third-order valence-electron chi connectivity index (χ3n) is 7.35. The number of carboxylic acid groups (broad SMARTS) is 2. The summed E-state index contributed by atoms with van der Waals surface area (Å²) >= 11 is 2.06. The van der Waals surface area contributed by atoms with Crippen molar-refractivity contribution >= 4 is 66.4 Å². The number of halogens is 2. The van der Waals surface area contributed by atoms with Gasteiger partial charge < -0.3 is 29.2 Å². The molecule has 2 heterocycles. The molecule has 5 aromatic rings. The molecule has 3 aromatic carbocycles. The number of Topliss-reactive ketones (excluding diaryl/α,β-unsaturated/α-hetero) is 2.